The lowest BCUT2D eigenvalue weighted by Crippen LogP contribution is -2.34. The van der Waals surface area contributed by atoms with E-state index in [1.54, 1.807) is 0 Å². The smallest absolute Gasteiger partial charge is 0.0702 e. The van der Waals surface area contributed by atoms with Crippen LogP contribution in [-0.4, -0.2) is 17.2 Å². The summed E-state index contributed by atoms with van der Waals surface area (Å²) in [5.74, 6) is 0. The van der Waals surface area contributed by atoms with E-state index in [0.717, 1.165) is 10.0 Å². The zero-order chi connectivity index (χ0) is 12.4. The Hall–Kier alpha value is -0.540. The molecule has 94 valence electrons. The lowest BCUT2D eigenvalue weighted by atomic mass is 10.1. The minimum Gasteiger partial charge on any atom is -0.392 e. The van der Waals surface area contributed by atoms with Crippen LogP contribution in [0.5, 0.6) is 0 Å². The molecule has 1 aliphatic heterocycles. The van der Waals surface area contributed by atoms with Crippen molar-refractivity contribution in [2.45, 2.75) is 51.8 Å². The van der Waals surface area contributed by atoms with E-state index in [-0.39, 0.29) is 6.61 Å². The van der Waals surface area contributed by atoms with Crippen molar-refractivity contribution in [3.63, 3.8) is 0 Å². The second-order valence-electron chi connectivity index (χ2n) is 4.83. The molecule has 17 heavy (non-hydrogen) atoms. The van der Waals surface area contributed by atoms with Gasteiger partial charge >= 0.3 is 0 Å². The van der Waals surface area contributed by atoms with Crippen molar-refractivity contribution < 1.29 is 5.11 Å². The molecule has 2 nitrogen and oxygen atoms in total. The van der Waals surface area contributed by atoms with E-state index in [0.29, 0.717) is 12.1 Å². The Morgan fingerprint density at radius 1 is 1.41 bits per heavy atom. The number of hydrogen-bond donors (Lipinski definition) is 1. The molecule has 0 radical (unpaired) electrons. The molecule has 1 aromatic carbocycles. The van der Waals surface area contributed by atoms with Crippen molar-refractivity contribution in [2.75, 3.05) is 4.90 Å². The molecule has 0 spiro atoms. The van der Waals surface area contributed by atoms with Gasteiger partial charge in [0.05, 0.1) is 6.61 Å². The topological polar surface area (TPSA) is 23.5 Å². The van der Waals surface area contributed by atoms with Gasteiger partial charge in [0.2, 0.25) is 0 Å². The number of aliphatic hydroxyl groups excluding tert-OH is 1. The van der Waals surface area contributed by atoms with Crippen LogP contribution < -0.4 is 4.90 Å². The lowest BCUT2D eigenvalue weighted by molar-refractivity contribution is 0.281. The van der Waals surface area contributed by atoms with Crippen LogP contribution in [0.3, 0.4) is 0 Å². The van der Waals surface area contributed by atoms with Gasteiger partial charge in [-0.2, -0.15) is 0 Å². The fourth-order valence-corrected chi connectivity index (χ4v) is 3.25. The molecule has 0 saturated carbocycles. The van der Waals surface area contributed by atoms with Crippen molar-refractivity contribution in [1.82, 2.24) is 0 Å². The van der Waals surface area contributed by atoms with Gasteiger partial charge in [-0.1, -0.05) is 22.9 Å². The largest absolute Gasteiger partial charge is 0.392 e. The van der Waals surface area contributed by atoms with E-state index in [2.05, 4.69) is 46.8 Å². The normalized spacial score (nSPS) is 24.4. The molecule has 0 bridgehead atoms. The minimum atomic E-state index is 0.106. The maximum absolute atomic E-state index is 9.50. The van der Waals surface area contributed by atoms with Gasteiger partial charge in [0.15, 0.2) is 0 Å². The first-order valence-corrected chi connectivity index (χ1v) is 7.14. The van der Waals surface area contributed by atoms with Crippen LogP contribution in [0, 0.1) is 0 Å². The van der Waals surface area contributed by atoms with E-state index in [9.17, 15) is 5.11 Å². The highest BCUT2D eigenvalue weighted by atomic mass is 79.9. The summed E-state index contributed by atoms with van der Waals surface area (Å²) < 4.78 is 1.03. The second kappa shape index (κ2) is 5.40. The van der Waals surface area contributed by atoms with Crippen LogP contribution in [-0.2, 0) is 6.61 Å². The summed E-state index contributed by atoms with van der Waals surface area (Å²) in [5.41, 5.74) is 2.22. The molecule has 1 aliphatic rings. The van der Waals surface area contributed by atoms with Gasteiger partial charge in [-0.15, -0.1) is 0 Å². The summed E-state index contributed by atoms with van der Waals surface area (Å²) in [6.07, 6.45) is 3.68. The summed E-state index contributed by atoms with van der Waals surface area (Å²) in [7, 11) is 0. The highest BCUT2D eigenvalue weighted by molar-refractivity contribution is 9.10. The van der Waals surface area contributed by atoms with Gasteiger partial charge < -0.3 is 10.0 Å². The maximum atomic E-state index is 9.50. The SMILES string of the molecule is CCC1CCC(C)N1c1ccc(Br)cc1CO. The third kappa shape index (κ3) is 2.50. The summed E-state index contributed by atoms with van der Waals surface area (Å²) >= 11 is 3.46. The molecule has 0 aromatic heterocycles. The fraction of sp³-hybridized carbons (Fsp3) is 0.571. The highest BCUT2D eigenvalue weighted by Gasteiger charge is 2.30. The summed E-state index contributed by atoms with van der Waals surface area (Å²) in [6, 6.07) is 7.40. The molecule has 2 atom stereocenters. The van der Waals surface area contributed by atoms with Crippen molar-refractivity contribution in [1.29, 1.82) is 0 Å². The fourth-order valence-electron chi connectivity index (χ4n) is 2.84. The molecular weight excluding hydrogens is 278 g/mol. The van der Waals surface area contributed by atoms with Crippen LogP contribution >= 0.6 is 15.9 Å². The number of halogens is 1. The molecular formula is C14H20BrNO. The first-order chi connectivity index (χ1) is 8.17. The highest BCUT2D eigenvalue weighted by Crippen LogP contribution is 2.35. The Labute approximate surface area is 112 Å². The molecule has 2 rings (SSSR count). The van der Waals surface area contributed by atoms with Crippen LogP contribution in [0.1, 0.15) is 38.7 Å². The van der Waals surface area contributed by atoms with Gasteiger partial charge in [-0.05, 0) is 44.4 Å². The molecule has 3 heteroatoms. The number of benzene rings is 1. The molecule has 1 heterocycles. The van der Waals surface area contributed by atoms with E-state index < -0.39 is 0 Å². The summed E-state index contributed by atoms with van der Waals surface area (Å²) in [4.78, 5) is 2.48. The number of hydrogen-bond acceptors (Lipinski definition) is 2. The molecule has 1 saturated heterocycles. The Morgan fingerprint density at radius 2 is 2.18 bits per heavy atom. The van der Waals surface area contributed by atoms with Gasteiger partial charge in [0.25, 0.3) is 0 Å². The van der Waals surface area contributed by atoms with Crippen molar-refractivity contribution in [2.24, 2.45) is 0 Å². The van der Waals surface area contributed by atoms with Crippen LogP contribution in [0.25, 0.3) is 0 Å². The Morgan fingerprint density at radius 3 is 2.82 bits per heavy atom. The Bertz CT molecular complexity index is 394. The minimum absolute atomic E-state index is 0.106. The third-order valence-electron chi connectivity index (χ3n) is 3.75. The Kier molecular flexibility index (Phi) is 4.10. The van der Waals surface area contributed by atoms with Gasteiger partial charge in [0.1, 0.15) is 0 Å². The molecule has 0 amide bonds. The maximum Gasteiger partial charge on any atom is 0.0702 e. The zero-order valence-electron chi connectivity index (χ0n) is 10.5. The van der Waals surface area contributed by atoms with Crippen molar-refractivity contribution >= 4 is 21.6 Å². The summed E-state index contributed by atoms with van der Waals surface area (Å²) in [6.45, 7) is 4.63. The van der Waals surface area contributed by atoms with E-state index in [4.69, 9.17) is 0 Å². The quantitative estimate of drug-likeness (QED) is 0.919. The third-order valence-corrected chi connectivity index (χ3v) is 4.24. The van der Waals surface area contributed by atoms with E-state index in [1.807, 2.05) is 6.07 Å². The lowest BCUT2D eigenvalue weighted by Gasteiger charge is -2.32. The second-order valence-corrected chi connectivity index (χ2v) is 5.74. The van der Waals surface area contributed by atoms with Crippen molar-refractivity contribution in [3.05, 3.63) is 28.2 Å². The average molecular weight is 298 g/mol. The van der Waals surface area contributed by atoms with Crippen LogP contribution in [0.4, 0.5) is 5.69 Å². The van der Waals surface area contributed by atoms with Crippen molar-refractivity contribution in [3.8, 4) is 0 Å². The van der Waals surface area contributed by atoms with Crippen LogP contribution in [0.15, 0.2) is 22.7 Å². The van der Waals surface area contributed by atoms with Gasteiger partial charge in [0, 0.05) is 27.8 Å². The monoisotopic (exact) mass is 297 g/mol. The van der Waals surface area contributed by atoms with Gasteiger partial charge in [-0.25, -0.2) is 0 Å². The van der Waals surface area contributed by atoms with Gasteiger partial charge in [-0.3, -0.25) is 0 Å². The predicted molar refractivity (Wildman–Crippen MR) is 75.3 cm³/mol. The number of rotatable bonds is 3. The number of anilines is 1. The molecule has 1 fully saturated rings. The Balaban J connectivity index is 2.38. The molecule has 0 aliphatic carbocycles. The predicted octanol–water partition coefficient (Wildman–Crippen LogP) is 3.71. The van der Waals surface area contributed by atoms with Crippen LogP contribution in [0.2, 0.25) is 0 Å². The molecule has 2 unspecified atom stereocenters. The average Bonchev–Trinajstić information content (AvgIpc) is 2.70. The molecule has 1 aromatic rings. The van der Waals surface area contributed by atoms with E-state index in [1.165, 1.54) is 24.9 Å². The standard InChI is InChI=1S/C14H20BrNO/c1-3-13-6-4-10(2)16(13)14-7-5-12(15)8-11(14)9-17/h5,7-8,10,13,17H,3-4,6,9H2,1-2H3. The number of aliphatic hydroxyl groups is 1. The summed E-state index contributed by atoms with van der Waals surface area (Å²) in [5, 5.41) is 9.50. The number of nitrogens with zero attached hydrogens (tertiary/aromatic N) is 1. The zero-order valence-corrected chi connectivity index (χ0v) is 12.1. The molecule has 1 N–H and O–H groups in total. The van der Waals surface area contributed by atoms with E-state index >= 15 is 0 Å². The first kappa shape index (κ1) is 12.9. The first-order valence-electron chi connectivity index (χ1n) is 6.35.